The number of carbonyl (C=O) groups is 2. The summed E-state index contributed by atoms with van der Waals surface area (Å²) in [5.41, 5.74) is 0. The van der Waals surface area contributed by atoms with Crippen molar-refractivity contribution in [3.8, 4) is 0 Å². The lowest BCUT2D eigenvalue weighted by Crippen LogP contribution is -1.93. The molecule has 3 nitrogen and oxygen atoms in total. The first-order valence-corrected chi connectivity index (χ1v) is 3.90. The monoisotopic (exact) mass is 170 g/mol. The van der Waals surface area contributed by atoms with Crippen molar-refractivity contribution in [3.05, 3.63) is 12.2 Å². The highest BCUT2D eigenvalue weighted by Gasteiger charge is 1.92. The lowest BCUT2D eigenvalue weighted by atomic mass is 10.2. The molecule has 0 aliphatic carbocycles. The zero-order valence-corrected chi connectivity index (χ0v) is 7.50. The third-order valence-electron chi connectivity index (χ3n) is 1.35. The maximum Gasteiger partial charge on any atom is 0.330 e. The summed E-state index contributed by atoms with van der Waals surface area (Å²) in [6.07, 6.45) is 5.21. The maximum atomic E-state index is 10.5. The number of rotatable bonds is 5. The van der Waals surface area contributed by atoms with Crippen LogP contribution >= 0.6 is 0 Å². The molecular formula is C9H14O3. The molecule has 0 spiro atoms. The summed E-state index contributed by atoms with van der Waals surface area (Å²) < 4.78 is 4.39. The minimum absolute atomic E-state index is 0.182. The highest BCUT2D eigenvalue weighted by atomic mass is 16.5. The summed E-state index contributed by atoms with van der Waals surface area (Å²) in [5, 5.41) is 0. The van der Waals surface area contributed by atoms with E-state index in [-0.39, 0.29) is 11.8 Å². The number of Topliss-reactive ketones (excluding diaryl/α,β-unsaturated/α-hetero) is 1. The highest BCUT2D eigenvalue weighted by molar-refractivity contribution is 5.81. The van der Waals surface area contributed by atoms with Gasteiger partial charge in [-0.15, -0.1) is 0 Å². The van der Waals surface area contributed by atoms with E-state index in [1.54, 1.807) is 13.0 Å². The topological polar surface area (TPSA) is 43.4 Å². The normalized spacial score (nSPS) is 10.2. The molecule has 0 saturated heterocycles. The molecule has 0 unspecified atom stereocenters. The van der Waals surface area contributed by atoms with Crippen LogP contribution in [0.15, 0.2) is 12.2 Å². The number of hydrogen-bond acceptors (Lipinski definition) is 3. The van der Waals surface area contributed by atoms with Gasteiger partial charge in [-0.3, -0.25) is 0 Å². The lowest BCUT2D eigenvalue weighted by Gasteiger charge is -1.91. The average molecular weight is 170 g/mol. The predicted octanol–water partition coefficient (Wildman–Crippen LogP) is 1.47. The Morgan fingerprint density at radius 2 is 2.08 bits per heavy atom. The van der Waals surface area contributed by atoms with E-state index < -0.39 is 0 Å². The number of carbonyl (C=O) groups excluding carboxylic acids is 2. The molecule has 0 N–H and O–H groups in total. The first-order chi connectivity index (χ1) is 5.66. The number of ketones is 1. The number of allylic oxidation sites excluding steroid dienone is 1. The summed E-state index contributed by atoms with van der Waals surface area (Å²) in [5.74, 6) is -0.167. The molecule has 3 heteroatoms. The van der Waals surface area contributed by atoms with Gasteiger partial charge in [0.2, 0.25) is 0 Å². The van der Waals surface area contributed by atoms with Gasteiger partial charge in [-0.25, -0.2) is 4.79 Å². The van der Waals surface area contributed by atoms with E-state index in [1.807, 2.05) is 0 Å². The van der Waals surface area contributed by atoms with Crippen molar-refractivity contribution < 1.29 is 14.3 Å². The van der Waals surface area contributed by atoms with Gasteiger partial charge in [0.1, 0.15) is 5.78 Å². The Morgan fingerprint density at radius 1 is 1.42 bits per heavy atom. The summed E-state index contributed by atoms with van der Waals surface area (Å²) >= 11 is 0. The maximum absolute atomic E-state index is 10.5. The number of hydrogen-bond donors (Lipinski definition) is 0. The Hall–Kier alpha value is -1.12. The summed E-state index contributed by atoms with van der Waals surface area (Å²) in [4.78, 5) is 21.0. The van der Waals surface area contributed by atoms with Crippen LogP contribution in [-0.4, -0.2) is 18.9 Å². The number of methoxy groups -OCH3 is 1. The van der Waals surface area contributed by atoms with Crippen LogP contribution in [0.4, 0.5) is 0 Å². The molecule has 68 valence electrons. The van der Waals surface area contributed by atoms with Crippen LogP contribution < -0.4 is 0 Å². The molecule has 0 aliphatic rings. The van der Waals surface area contributed by atoms with Crippen LogP contribution in [0.1, 0.15) is 26.2 Å². The Labute approximate surface area is 72.4 Å². The van der Waals surface area contributed by atoms with Crippen molar-refractivity contribution in [2.75, 3.05) is 7.11 Å². The van der Waals surface area contributed by atoms with Crippen molar-refractivity contribution in [2.45, 2.75) is 26.2 Å². The van der Waals surface area contributed by atoms with Crippen LogP contribution in [0.5, 0.6) is 0 Å². The van der Waals surface area contributed by atoms with Crippen molar-refractivity contribution in [1.29, 1.82) is 0 Å². The van der Waals surface area contributed by atoms with Crippen LogP contribution in [0.25, 0.3) is 0 Å². The van der Waals surface area contributed by atoms with Gasteiger partial charge in [-0.1, -0.05) is 6.08 Å². The molecule has 0 bridgehead atoms. The molecule has 0 heterocycles. The minimum Gasteiger partial charge on any atom is -0.466 e. The van der Waals surface area contributed by atoms with Gasteiger partial charge in [-0.05, 0) is 19.8 Å². The average Bonchev–Trinajstić information content (AvgIpc) is 2.03. The summed E-state index contributed by atoms with van der Waals surface area (Å²) in [6.45, 7) is 1.56. The zero-order chi connectivity index (χ0) is 9.40. The zero-order valence-electron chi connectivity index (χ0n) is 7.50. The Kier molecular flexibility index (Phi) is 5.97. The van der Waals surface area contributed by atoms with E-state index in [2.05, 4.69) is 4.74 Å². The number of unbranched alkanes of at least 4 members (excludes halogenated alkanes) is 1. The Bertz CT molecular complexity index is 182. The summed E-state index contributed by atoms with van der Waals surface area (Å²) in [6, 6.07) is 0. The molecule has 0 atom stereocenters. The minimum atomic E-state index is -0.349. The van der Waals surface area contributed by atoms with Crippen molar-refractivity contribution in [2.24, 2.45) is 0 Å². The van der Waals surface area contributed by atoms with E-state index in [0.29, 0.717) is 6.42 Å². The second kappa shape index (κ2) is 6.58. The van der Waals surface area contributed by atoms with E-state index in [9.17, 15) is 9.59 Å². The van der Waals surface area contributed by atoms with Crippen molar-refractivity contribution >= 4 is 11.8 Å². The van der Waals surface area contributed by atoms with Crippen LogP contribution in [0.3, 0.4) is 0 Å². The number of esters is 1. The first-order valence-electron chi connectivity index (χ1n) is 3.90. The Balaban J connectivity index is 3.36. The lowest BCUT2D eigenvalue weighted by molar-refractivity contribution is -0.134. The van der Waals surface area contributed by atoms with Gasteiger partial charge in [0.15, 0.2) is 0 Å². The van der Waals surface area contributed by atoms with Crippen LogP contribution in [-0.2, 0) is 14.3 Å². The fourth-order valence-electron chi connectivity index (χ4n) is 0.716. The molecule has 0 rings (SSSR count). The Morgan fingerprint density at radius 3 is 2.58 bits per heavy atom. The van der Waals surface area contributed by atoms with Crippen molar-refractivity contribution in [1.82, 2.24) is 0 Å². The van der Waals surface area contributed by atoms with E-state index in [4.69, 9.17) is 0 Å². The van der Waals surface area contributed by atoms with Crippen LogP contribution in [0.2, 0.25) is 0 Å². The smallest absolute Gasteiger partial charge is 0.330 e. The third kappa shape index (κ3) is 6.99. The third-order valence-corrected chi connectivity index (χ3v) is 1.35. The molecule has 0 amide bonds. The molecule has 0 radical (unpaired) electrons. The molecule has 0 aliphatic heterocycles. The highest BCUT2D eigenvalue weighted by Crippen LogP contribution is 1.97. The van der Waals surface area contributed by atoms with Gasteiger partial charge in [0, 0.05) is 12.5 Å². The molecule has 0 aromatic carbocycles. The fourth-order valence-corrected chi connectivity index (χ4v) is 0.716. The second-order valence-corrected chi connectivity index (χ2v) is 2.52. The molecular weight excluding hydrogens is 156 g/mol. The van der Waals surface area contributed by atoms with Crippen LogP contribution in [0, 0.1) is 0 Å². The molecule has 0 saturated carbocycles. The van der Waals surface area contributed by atoms with Gasteiger partial charge in [0.05, 0.1) is 7.11 Å². The SMILES string of the molecule is COC(=O)C=CCCCC(C)=O. The van der Waals surface area contributed by atoms with Gasteiger partial charge in [0.25, 0.3) is 0 Å². The molecule has 0 aromatic rings. The van der Waals surface area contributed by atoms with Gasteiger partial charge >= 0.3 is 5.97 Å². The quantitative estimate of drug-likeness (QED) is 0.356. The largest absolute Gasteiger partial charge is 0.466 e. The molecule has 0 fully saturated rings. The molecule has 12 heavy (non-hydrogen) atoms. The predicted molar refractivity (Wildman–Crippen MR) is 45.7 cm³/mol. The summed E-state index contributed by atoms with van der Waals surface area (Å²) in [7, 11) is 1.34. The molecule has 0 aromatic heterocycles. The van der Waals surface area contributed by atoms with Gasteiger partial charge in [-0.2, -0.15) is 0 Å². The van der Waals surface area contributed by atoms with E-state index in [0.717, 1.165) is 12.8 Å². The first kappa shape index (κ1) is 10.9. The van der Waals surface area contributed by atoms with Crippen molar-refractivity contribution in [3.63, 3.8) is 0 Å². The van der Waals surface area contributed by atoms with Gasteiger partial charge < -0.3 is 9.53 Å². The van der Waals surface area contributed by atoms with E-state index in [1.165, 1.54) is 13.2 Å². The fraction of sp³-hybridized carbons (Fsp3) is 0.556. The second-order valence-electron chi connectivity index (χ2n) is 2.52. The number of ether oxygens (including phenoxy) is 1. The van der Waals surface area contributed by atoms with E-state index >= 15 is 0 Å². The standard InChI is InChI=1S/C9H14O3/c1-8(10)6-4-3-5-7-9(11)12-2/h5,7H,3-4,6H2,1-2H3.